The summed E-state index contributed by atoms with van der Waals surface area (Å²) in [5.74, 6) is 1.36. The van der Waals surface area contributed by atoms with Gasteiger partial charge in [-0.1, -0.05) is 42.5 Å². The zero-order valence-electron chi connectivity index (χ0n) is 15.5. The van der Waals surface area contributed by atoms with Gasteiger partial charge in [0.2, 0.25) is 0 Å². The van der Waals surface area contributed by atoms with Gasteiger partial charge in [0, 0.05) is 23.8 Å². The molecule has 1 fully saturated rings. The molecule has 1 aromatic carbocycles. The highest BCUT2D eigenvalue weighted by atomic mass is 16.4. The summed E-state index contributed by atoms with van der Waals surface area (Å²) in [7, 11) is -1.40. The van der Waals surface area contributed by atoms with Crippen molar-refractivity contribution >= 4 is 30.1 Å². The van der Waals surface area contributed by atoms with Gasteiger partial charge in [0.05, 0.1) is 5.70 Å². The highest BCUT2D eigenvalue weighted by Crippen LogP contribution is 2.54. The zero-order valence-corrected chi connectivity index (χ0v) is 15.5. The molecule has 0 bridgehead atoms. The summed E-state index contributed by atoms with van der Waals surface area (Å²) in [5, 5.41) is 21.7. The molecule has 3 aliphatic carbocycles. The molecule has 138 valence electrons. The average molecular weight is 368 g/mol. The summed E-state index contributed by atoms with van der Waals surface area (Å²) < 4.78 is 0. The van der Waals surface area contributed by atoms with Crippen molar-refractivity contribution in [2.45, 2.75) is 25.3 Å². The molecule has 4 nitrogen and oxygen atoms in total. The van der Waals surface area contributed by atoms with Gasteiger partial charge in [0.1, 0.15) is 6.04 Å². The first-order valence-corrected chi connectivity index (χ1v) is 10.1. The number of rotatable bonds is 2. The number of benzene rings is 1. The molecule has 1 saturated carbocycles. The Labute approximate surface area is 163 Å². The lowest BCUT2D eigenvalue weighted by Crippen LogP contribution is -2.39. The average Bonchev–Trinajstić information content (AvgIpc) is 3.53. The summed E-state index contributed by atoms with van der Waals surface area (Å²) in [6.45, 7) is 0. The fourth-order valence-electron chi connectivity index (χ4n) is 5.30. The SMILES string of the molecule is OB(O)C1=c2ccccc2=C(C2=NC3=C(C=CC4C=CC=NC34)C3C[C@@H]23)CC1. The first kappa shape index (κ1) is 16.5. The molecular weight excluding hydrogens is 347 g/mol. The number of fused-ring (bicyclic) bond motifs is 5. The quantitative estimate of drug-likeness (QED) is 0.774. The number of dihydropyridines is 1. The van der Waals surface area contributed by atoms with E-state index in [1.54, 1.807) is 0 Å². The third-order valence-corrected chi connectivity index (χ3v) is 6.75. The number of hydrogen-bond donors (Lipinski definition) is 2. The second-order valence-corrected chi connectivity index (χ2v) is 8.27. The molecule has 0 radical (unpaired) electrons. The van der Waals surface area contributed by atoms with Gasteiger partial charge in [-0.05, 0) is 58.3 Å². The van der Waals surface area contributed by atoms with Crippen molar-refractivity contribution in [2.75, 3.05) is 0 Å². The molecule has 1 aromatic rings. The summed E-state index contributed by atoms with van der Waals surface area (Å²) in [4.78, 5) is 9.97. The molecule has 0 aromatic heterocycles. The summed E-state index contributed by atoms with van der Waals surface area (Å²) >= 11 is 0. The Morgan fingerprint density at radius 1 is 1.00 bits per heavy atom. The Hall–Kier alpha value is -2.50. The highest BCUT2D eigenvalue weighted by molar-refractivity contribution is 6.63. The van der Waals surface area contributed by atoms with Crippen LogP contribution in [0.1, 0.15) is 19.3 Å². The minimum atomic E-state index is -1.40. The molecule has 0 saturated heterocycles. The topological polar surface area (TPSA) is 65.2 Å². The lowest BCUT2D eigenvalue weighted by atomic mass is 9.71. The molecule has 2 heterocycles. The maximum atomic E-state index is 9.81. The van der Waals surface area contributed by atoms with E-state index in [9.17, 15) is 10.0 Å². The lowest BCUT2D eigenvalue weighted by molar-refractivity contribution is 0.424. The Morgan fingerprint density at radius 3 is 2.71 bits per heavy atom. The van der Waals surface area contributed by atoms with Crippen LogP contribution in [0.3, 0.4) is 0 Å². The van der Waals surface area contributed by atoms with Crippen LogP contribution in [0.4, 0.5) is 0 Å². The van der Waals surface area contributed by atoms with Crippen LogP contribution in [0.25, 0.3) is 11.0 Å². The van der Waals surface area contributed by atoms with Crippen LogP contribution in [0, 0.1) is 17.8 Å². The minimum absolute atomic E-state index is 0.0994. The van der Waals surface area contributed by atoms with E-state index >= 15 is 0 Å². The van der Waals surface area contributed by atoms with Gasteiger partial charge >= 0.3 is 7.12 Å². The lowest BCUT2D eigenvalue weighted by Gasteiger charge is -2.30. The van der Waals surface area contributed by atoms with E-state index in [-0.39, 0.29) is 6.04 Å². The number of allylic oxidation sites excluding steroid dienone is 3. The third-order valence-electron chi connectivity index (χ3n) is 6.75. The molecular formula is C23H21BN2O2. The van der Waals surface area contributed by atoms with Crippen LogP contribution in [0.2, 0.25) is 0 Å². The molecule has 5 heteroatoms. The van der Waals surface area contributed by atoms with Crippen LogP contribution in [-0.2, 0) is 0 Å². The van der Waals surface area contributed by atoms with E-state index in [0.29, 0.717) is 29.6 Å². The van der Waals surface area contributed by atoms with E-state index < -0.39 is 7.12 Å². The molecule has 3 unspecified atom stereocenters. The second kappa shape index (κ2) is 6.00. The van der Waals surface area contributed by atoms with Crippen molar-refractivity contribution in [3.8, 4) is 0 Å². The number of hydrogen-bond acceptors (Lipinski definition) is 4. The molecule has 0 spiro atoms. The van der Waals surface area contributed by atoms with Gasteiger partial charge in [0.15, 0.2) is 0 Å². The first-order chi connectivity index (χ1) is 13.7. The minimum Gasteiger partial charge on any atom is -0.423 e. The molecule has 5 aliphatic rings. The summed E-state index contributed by atoms with van der Waals surface area (Å²) in [6.07, 6.45) is 13.3. The van der Waals surface area contributed by atoms with Crippen LogP contribution in [-0.4, -0.2) is 35.1 Å². The van der Waals surface area contributed by atoms with Crippen molar-refractivity contribution in [3.63, 3.8) is 0 Å². The molecule has 0 amide bonds. The third kappa shape index (κ3) is 2.33. The van der Waals surface area contributed by atoms with Crippen molar-refractivity contribution in [1.29, 1.82) is 0 Å². The maximum Gasteiger partial charge on any atom is 0.484 e. The van der Waals surface area contributed by atoms with Gasteiger partial charge in [-0.15, -0.1) is 0 Å². The van der Waals surface area contributed by atoms with Crippen molar-refractivity contribution in [1.82, 2.24) is 0 Å². The molecule has 2 N–H and O–H groups in total. The van der Waals surface area contributed by atoms with Crippen LogP contribution >= 0.6 is 0 Å². The van der Waals surface area contributed by atoms with E-state index in [0.717, 1.165) is 29.0 Å². The van der Waals surface area contributed by atoms with Gasteiger partial charge in [0.25, 0.3) is 0 Å². The summed E-state index contributed by atoms with van der Waals surface area (Å²) in [5.41, 5.74) is 5.72. The van der Waals surface area contributed by atoms with Crippen LogP contribution < -0.4 is 10.4 Å². The fraction of sp³-hybridized carbons (Fsp3) is 0.304. The van der Waals surface area contributed by atoms with Gasteiger partial charge < -0.3 is 10.0 Å². The fourth-order valence-corrected chi connectivity index (χ4v) is 5.30. The Bertz CT molecular complexity index is 1160. The van der Waals surface area contributed by atoms with E-state index in [2.05, 4.69) is 24.3 Å². The Kier molecular flexibility index (Phi) is 3.53. The largest absolute Gasteiger partial charge is 0.484 e. The normalized spacial score (nSPS) is 31.7. The van der Waals surface area contributed by atoms with Crippen LogP contribution in [0.15, 0.2) is 69.8 Å². The molecule has 2 aliphatic heterocycles. The van der Waals surface area contributed by atoms with Gasteiger partial charge in [-0.3, -0.25) is 9.98 Å². The van der Waals surface area contributed by atoms with Gasteiger partial charge in [-0.2, -0.15) is 0 Å². The Morgan fingerprint density at radius 2 is 1.86 bits per heavy atom. The van der Waals surface area contributed by atoms with Crippen LogP contribution in [0.5, 0.6) is 0 Å². The number of nitrogens with zero attached hydrogens (tertiary/aromatic N) is 2. The van der Waals surface area contributed by atoms with E-state index in [1.165, 1.54) is 16.9 Å². The predicted octanol–water partition coefficient (Wildman–Crippen LogP) is 1.33. The molecule has 4 atom stereocenters. The van der Waals surface area contributed by atoms with Crippen molar-refractivity contribution < 1.29 is 10.0 Å². The smallest absolute Gasteiger partial charge is 0.423 e. The molecule has 6 rings (SSSR count). The van der Waals surface area contributed by atoms with Crippen molar-refractivity contribution in [3.05, 3.63) is 70.3 Å². The van der Waals surface area contributed by atoms with E-state index in [4.69, 9.17) is 9.98 Å². The van der Waals surface area contributed by atoms with Crippen molar-refractivity contribution in [2.24, 2.45) is 27.7 Å². The maximum absolute atomic E-state index is 9.81. The zero-order chi connectivity index (χ0) is 18.8. The Balaban J connectivity index is 1.55. The predicted molar refractivity (Wildman–Crippen MR) is 112 cm³/mol. The monoisotopic (exact) mass is 368 g/mol. The van der Waals surface area contributed by atoms with Gasteiger partial charge in [-0.25, -0.2) is 0 Å². The first-order valence-electron chi connectivity index (χ1n) is 10.1. The molecule has 28 heavy (non-hydrogen) atoms. The summed E-state index contributed by atoms with van der Waals surface area (Å²) in [6, 6.07) is 8.19. The standard InChI is InChI=1S/C23H21BN2O2/c27-24(28)20-10-9-16(14-5-1-2-6-15(14)20)22-19-12-18(19)17-8-7-13-4-3-11-25-21(13)23(17)26-22/h1-8,11,13,18-19,21,27-28H,9-10,12H2/t13?,18?,19-,21?/m1/s1. The second-order valence-electron chi connectivity index (χ2n) is 8.27. The number of aliphatic imine (C=N–C) groups is 2. The van der Waals surface area contributed by atoms with E-state index in [1.807, 2.05) is 30.5 Å². The highest BCUT2D eigenvalue weighted by Gasteiger charge is 2.49.